The average Bonchev–Trinajstić information content (AvgIpc) is 3.26. The van der Waals surface area contributed by atoms with Crippen LogP contribution in [0, 0.1) is 0 Å². The number of urea groups is 1. The highest BCUT2D eigenvalue weighted by molar-refractivity contribution is 5.92. The molecule has 5 nitrogen and oxygen atoms in total. The summed E-state index contributed by atoms with van der Waals surface area (Å²) in [5.74, 6) is 0. The molecular formula is C18H24N4O. The van der Waals surface area contributed by atoms with Crippen molar-refractivity contribution in [1.82, 2.24) is 14.8 Å². The zero-order chi connectivity index (χ0) is 15.6. The number of aromatic amines is 1. The largest absolute Gasteiger partial charge is 0.361 e. The number of hydrogen-bond donors (Lipinski definition) is 2. The fourth-order valence-corrected chi connectivity index (χ4v) is 3.87. The van der Waals surface area contributed by atoms with E-state index >= 15 is 0 Å². The number of carbonyl (C=O) groups excluding carboxylic acids is 1. The molecule has 3 heterocycles. The molecule has 1 aromatic carbocycles. The SMILES string of the molecule is O=C(Nc1ccc2[nH]ccc2c1)N1CCC(N2CCCC2)CC1. The van der Waals surface area contributed by atoms with Crippen LogP contribution in [0.2, 0.25) is 0 Å². The molecule has 2 aromatic rings. The van der Waals surface area contributed by atoms with Crippen molar-refractivity contribution in [1.29, 1.82) is 0 Å². The molecule has 122 valence electrons. The standard InChI is InChI=1S/C18H24N4O/c23-18(20-15-3-4-17-14(13-15)5-8-19-17)22-11-6-16(7-12-22)21-9-1-2-10-21/h3-5,8,13,16,19H,1-2,6-7,9-12H2,(H,20,23). The van der Waals surface area contributed by atoms with Gasteiger partial charge in [-0.1, -0.05) is 0 Å². The molecule has 0 atom stereocenters. The predicted octanol–water partition coefficient (Wildman–Crippen LogP) is 3.26. The highest BCUT2D eigenvalue weighted by atomic mass is 16.2. The minimum Gasteiger partial charge on any atom is -0.361 e. The molecule has 0 spiro atoms. The van der Waals surface area contributed by atoms with E-state index in [1.54, 1.807) is 0 Å². The average molecular weight is 312 g/mol. The minimum absolute atomic E-state index is 0.0276. The number of nitrogens with one attached hydrogen (secondary N) is 2. The van der Waals surface area contributed by atoms with Gasteiger partial charge < -0.3 is 20.1 Å². The summed E-state index contributed by atoms with van der Waals surface area (Å²) in [7, 11) is 0. The predicted molar refractivity (Wildman–Crippen MR) is 92.7 cm³/mol. The third-order valence-electron chi connectivity index (χ3n) is 5.21. The summed E-state index contributed by atoms with van der Waals surface area (Å²) in [6.07, 6.45) is 6.79. The lowest BCUT2D eigenvalue weighted by atomic mass is 10.0. The van der Waals surface area contributed by atoms with Crippen molar-refractivity contribution >= 4 is 22.6 Å². The number of rotatable bonds is 2. The van der Waals surface area contributed by atoms with E-state index in [2.05, 4.69) is 15.2 Å². The molecule has 2 aliphatic rings. The molecule has 0 unspecified atom stereocenters. The summed E-state index contributed by atoms with van der Waals surface area (Å²) in [6, 6.07) is 8.70. The number of hydrogen-bond acceptors (Lipinski definition) is 2. The second-order valence-corrected chi connectivity index (χ2v) is 6.67. The number of fused-ring (bicyclic) bond motifs is 1. The van der Waals surface area contributed by atoms with Gasteiger partial charge in [0.05, 0.1) is 0 Å². The zero-order valence-corrected chi connectivity index (χ0v) is 13.4. The van der Waals surface area contributed by atoms with Crippen LogP contribution in [0.5, 0.6) is 0 Å². The molecule has 1 aromatic heterocycles. The molecule has 0 aliphatic carbocycles. The van der Waals surface area contributed by atoms with Crippen LogP contribution in [0.25, 0.3) is 10.9 Å². The van der Waals surface area contributed by atoms with Gasteiger partial charge in [-0.25, -0.2) is 4.79 Å². The Morgan fingerprint density at radius 1 is 1.09 bits per heavy atom. The lowest BCUT2D eigenvalue weighted by molar-refractivity contribution is 0.140. The molecule has 2 saturated heterocycles. The number of H-pyrrole nitrogens is 1. The van der Waals surface area contributed by atoms with Crippen molar-refractivity contribution in [3.8, 4) is 0 Å². The van der Waals surface area contributed by atoms with Crippen LogP contribution in [0.15, 0.2) is 30.5 Å². The van der Waals surface area contributed by atoms with Crippen LogP contribution in [-0.2, 0) is 0 Å². The maximum atomic E-state index is 12.5. The number of carbonyl (C=O) groups is 1. The molecule has 2 amide bonds. The molecule has 0 radical (unpaired) electrons. The van der Waals surface area contributed by atoms with Gasteiger partial charge >= 0.3 is 6.03 Å². The summed E-state index contributed by atoms with van der Waals surface area (Å²) in [5, 5.41) is 4.16. The van der Waals surface area contributed by atoms with Crippen molar-refractivity contribution in [2.45, 2.75) is 31.7 Å². The first-order valence-electron chi connectivity index (χ1n) is 8.67. The summed E-state index contributed by atoms with van der Waals surface area (Å²) >= 11 is 0. The molecule has 2 fully saturated rings. The van der Waals surface area contributed by atoms with Crippen molar-refractivity contribution in [3.05, 3.63) is 30.5 Å². The van der Waals surface area contributed by atoms with E-state index in [0.29, 0.717) is 6.04 Å². The lowest BCUT2D eigenvalue weighted by Gasteiger charge is -2.36. The van der Waals surface area contributed by atoms with Gasteiger partial charge in [0.15, 0.2) is 0 Å². The molecule has 2 aliphatic heterocycles. The van der Waals surface area contributed by atoms with Gasteiger partial charge in [0.25, 0.3) is 0 Å². The zero-order valence-electron chi connectivity index (χ0n) is 13.4. The highest BCUT2D eigenvalue weighted by Crippen LogP contribution is 2.22. The number of benzene rings is 1. The second kappa shape index (κ2) is 6.24. The van der Waals surface area contributed by atoms with E-state index in [4.69, 9.17) is 0 Å². The van der Waals surface area contributed by atoms with Crippen LogP contribution < -0.4 is 5.32 Å². The summed E-state index contributed by atoms with van der Waals surface area (Å²) in [5.41, 5.74) is 1.96. The smallest absolute Gasteiger partial charge is 0.321 e. The Balaban J connectivity index is 1.34. The molecule has 2 N–H and O–H groups in total. The fraction of sp³-hybridized carbons (Fsp3) is 0.500. The first-order valence-corrected chi connectivity index (χ1v) is 8.67. The van der Waals surface area contributed by atoms with Crippen LogP contribution in [0.4, 0.5) is 10.5 Å². The quantitative estimate of drug-likeness (QED) is 0.894. The summed E-state index contributed by atoms with van der Waals surface area (Å²) in [6.45, 7) is 4.21. The Morgan fingerprint density at radius 3 is 2.65 bits per heavy atom. The highest BCUT2D eigenvalue weighted by Gasteiger charge is 2.28. The number of likely N-dealkylation sites (tertiary alicyclic amines) is 2. The second-order valence-electron chi connectivity index (χ2n) is 6.67. The Bertz CT molecular complexity index is 681. The maximum Gasteiger partial charge on any atom is 0.321 e. The van der Waals surface area contributed by atoms with E-state index in [1.807, 2.05) is 35.4 Å². The van der Waals surface area contributed by atoms with Crippen molar-refractivity contribution in [2.24, 2.45) is 0 Å². The van der Waals surface area contributed by atoms with Gasteiger partial charge in [-0.05, 0) is 63.0 Å². The van der Waals surface area contributed by atoms with Crippen LogP contribution in [0.3, 0.4) is 0 Å². The van der Waals surface area contributed by atoms with Crippen molar-refractivity contribution in [2.75, 3.05) is 31.5 Å². The normalized spacial score (nSPS) is 20.3. The van der Waals surface area contributed by atoms with Gasteiger partial charge in [-0.2, -0.15) is 0 Å². The fourth-order valence-electron chi connectivity index (χ4n) is 3.87. The van der Waals surface area contributed by atoms with Crippen molar-refractivity contribution in [3.63, 3.8) is 0 Å². The van der Waals surface area contributed by atoms with Gasteiger partial charge in [0, 0.05) is 41.9 Å². The Hall–Kier alpha value is -2.01. The number of aromatic nitrogens is 1. The van der Waals surface area contributed by atoms with Crippen LogP contribution >= 0.6 is 0 Å². The topological polar surface area (TPSA) is 51.4 Å². The summed E-state index contributed by atoms with van der Waals surface area (Å²) in [4.78, 5) is 20.2. The number of piperidine rings is 1. The van der Waals surface area contributed by atoms with E-state index < -0.39 is 0 Å². The van der Waals surface area contributed by atoms with E-state index in [0.717, 1.165) is 42.5 Å². The van der Waals surface area contributed by atoms with Crippen LogP contribution in [0.1, 0.15) is 25.7 Å². The minimum atomic E-state index is 0.0276. The van der Waals surface area contributed by atoms with Gasteiger partial charge in [-0.3, -0.25) is 0 Å². The third-order valence-corrected chi connectivity index (χ3v) is 5.21. The molecular weight excluding hydrogens is 288 g/mol. The maximum absolute atomic E-state index is 12.5. The van der Waals surface area contributed by atoms with Gasteiger partial charge in [-0.15, -0.1) is 0 Å². The number of anilines is 1. The van der Waals surface area contributed by atoms with E-state index in [9.17, 15) is 4.79 Å². The lowest BCUT2D eigenvalue weighted by Crippen LogP contribution is -2.47. The van der Waals surface area contributed by atoms with Gasteiger partial charge in [0.2, 0.25) is 0 Å². The number of nitrogens with zero attached hydrogens (tertiary/aromatic N) is 2. The van der Waals surface area contributed by atoms with Crippen LogP contribution in [-0.4, -0.2) is 53.0 Å². The molecule has 0 bridgehead atoms. The van der Waals surface area contributed by atoms with E-state index in [1.165, 1.54) is 25.9 Å². The van der Waals surface area contributed by atoms with E-state index in [-0.39, 0.29) is 6.03 Å². The summed E-state index contributed by atoms with van der Waals surface area (Å²) < 4.78 is 0. The Morgan fingerprint density at radius 2 is 1.87 bits per heavy atom. The van der Waals surface area contributed by atoms with Gasteiger partial charge in [0.1, 0.15) is 0 Å². The Kier molecular flexibility index (Phi) is 3.95. The monoisotopic (exact) mass is 312 g/mol. The molecule has 5 heteroatoms. The molecule has 23 heavy (non-hydrogen) atoms. The number of amides is 2. The van der Waals surface area contributed by atoms with Crippen molar-refractivity contribution < 1.29 is 4.79 Å². The molecule has 0 saturated carbocycles. The first-order chi connectivity index (χ1) is 11.3. The third kappa shape index (κ3) is 3.06. The Labute approximate surface area is 136 Å². The molecule has 4 rings (SSSR count). The first kappa shape index (κ1) is 14.6.